The third kappa shape index (κ3) is 2.83. The normalized spacial score (nSPS) is 14.6. The van der Waals surface area contributed by atoms with Crippen LogP contribution in [-0.4, -0.2) is 9.61 Å². The number of hydrogen-bond donors (Lipinski definition) is 1. The van der Waals surface area contributed by atoms with E-state index < -0.39 is 5.63 Å². The third-order valence-electron chi connectivity index (χ3n) is 4.87. The highest BCUT2D eigenvalue weighted by molar-refractivity contribution is 9.10. The van der Waals surface area contributed by atoms with Crippen LogP contribution >= 0.6 is 15.9 Å². The lowest BCUT2D eigenvalue weighted by molar-refractivity contribution is 0.487. The fraction of sp³-hybridized carbons (Fsp3) is 0. The zero-order chi connectivity index (χ0) is 20.1. The highest BCUT2D eigenvalue weighted by Crippen LogP contribution is 2.34. The summed E-state index contributed by atoms with van der Waals surface area (Å²) in [6.45, 7) is 0. The Morgan fingerprint density at radius 1 is 1.14 bits per heavy atom. The van der Waals surface area contributed by atoms with Crippen molar-refractivity contribution in [3.8, 4) is 17.3 Å². The molecule has 1 aliphatic carbocycles. The first-order valence-corrected chi connectivity index (χ1v) is 9.53. The Morgan fingerprint density at radius 3 is 2.55 bits per heavy atom. The van der Waals surface area contributed by atoms with Crippen LogP contribution in [0, 0.1) is 42.9 Å². The van der Waals surface area contributed by atoms with Crippen molar-refractivity contribution >= 4 is 38.0 Å². The van der Waals surface area contributed by atoms with Crippen LogP contribution in [0.5, 0.6) is 0 Å². The highest BCUT2D eigenvalue weighted by atomic mass is 79.9. The molecular weight excluding hydrogens is 432 g/mol. The maximum Gasteiger partial charge on any atom is 0.347 e. The predicted molar refractivity (Wildman–Crippen MR) is 113 cm³/mol. The lowest BCUT2D eigenvalue weighted by Gasteiger charge is -2.11. The quantitative estimate of drug-likeness (QED) is 0.503. The number of nitrogen functional groups attached to an aromatic ring is 1. The maximum absolute atomic E-state index is 12.7. The van der Waals surface area contributed by atoms with Crippen molar-refractivity contribution < 1.29 is 4.42 Å². The van der Waals surface area contributed by atoms with Crippen molar-refractivity contribution in [1.29, 1.82) is 5.26 Å². The fourth-order valence-corrected chi connectivity index (χ4v) is 3.74. The first kappa shape index (κ1) is 18.0. The van der Waals surface area contributed by atoms with Crippen molar-refractivity contribution in [3.63, 3.8) is 0 Å². The Bertz CT molecular complexity index is 1360. The zero-order valence-electron chi connectivity index (χ0n) is 14.9. The summed E-state index contributed by atoms with van der Waals surface area (Å²) in [7, 11) is 0. The van der Waals surface area contributed by atoms with Gasteiger partial charge >= 0.3 is 5.63 Å². The molecule has 3 heterocycles. The SMILES string of the molecule is N#Cc1c2cc([C]3[CH][CH][CH][CH]3)oc(=O)c2c(N)n2nc(-c3ccc(Br)cc3)cc12. The first-order valence-electron chi connectivity index (χ1n) is 8.74. The molecular formula is C22H12BrN4O2. The van der Waals surface area contributed by atoms with E-state index in [2.05, 4.69) is 27.1 Å². The molecule has 1 fully saturated rings. The zero-order valence-corrected chi connectivity index (χ0v) is 16.5. The van der Waals surface area contributed by atoms with Gasteiger partial charge in [0.2, 0.25) is 0 Å². The van der Waals surface area contributed by atoms with E-state index in [0.29, 0.717) is 27.9 Å². The number of pyridine rings is 1. The van der Waals surface area contributed by atoms with E-state index in [1.165, 1.54) is 4.52 Å². The number of fused-ring (bicyclic) bond motifs is 2. The van der Waals surface area contributed by atoms with Gasteiger partial charge in [-0.25, -0.2) is 9.31 Å². The summed E-state index contributed by atoms with van der Waals surface area (Å²) in [4.78, 5) is 12.7. The Kier molecular flexibility index (Phi) is 4.18. The minimum atomic E-state index is -0.602. The van der Waals surface area contributed by atoms with Gasteiger partial charge in [-0.3, -0.25) is 0 Å². The summed E-state index contributed by atoms with van der Waals surface area (Å²) < 4.78 is 7.86. The van der Waals surface area contributed by atoms with Crippen LogP contribution in [0.2, 0.25) is 0 Å². The van der Waals surface area contributed by atoms with Gasteiger partial charge in [0.15, 0.2) is 0 Å². The Hall–Kier alpha value is -3.11. The number of hydrogen-bond acceptors (Lipinski definition) is 5. The highest BCUT2D eigenvalue weighted by Gasteiger charge is 2.25. The fourth-order valence-electron chi connectivity index (χ4n) is 3.48. The number of nitriles is 1. The molecule has 29 heavy (non-hydrogen) atoms. The topological polar surface area (TPSA) is 97.3 Å². The van der Waals surface area contributed by atoms with Gasteiger partial charge < -0.3 is 10.2 Å². The van der Waals surface area contributed by atoms with Crippen molar-refractivity contribution in [2.24, 2.45) is 0 Å². The average molecular weight is 444 g/mol. The second-order valence-corrected chi connectivity index (χ2v) is 7.48. The van der Waals surface area contributed by atoms with E-state index in [4.69, 9.17) is 10.2 Å². The van der Waals surface area contributed by atoms with Gasteiger partial charge in [-0.1, -0.05) is 28.1 Å². The summed E-state index contributed by atoms with van der Waals surface area (Å²) in [6, 6.07) is 13.3. The monoisotopic (exact) mass is 443 g/mol. The predicted octanol–water partition coefficient (Wildman–Crippen LogP) is 4.08. The van der Waals surface area contributed by atoms with Gasteiger partial charge in [0.05, 0.1) is 16.8 Å². The molecule has 7 heteroatoms. The molecule has 5 rings (SSSR count). The van der Waals surface area contributed by atoms with E-state index in [1.54, 1.807) is 12.1 Å². The van der Waals surface area contributed by atoms with Gasteiger partial charge in [-0.05, 0) is 49.9 Å². The molecule has 4 aromatic rings. The molecule has 0 saturated heterocycles. The number of nitrogens with two attached hydrogens (primary N) is 1. The van der Waals surface area contributed by atoms with Crippen molar-refractivity contribution in [2.45, 2.75) is 0 Å². The third-order valence-corrected chi connectivity index (χ3v) is 5.40. The van der Waals surface area contributed by atoms with Crippen LogP contribution in [-0.2, 0) is 0 Å². The largest absolute Gasteiger partial charge is 0.427 e. The van der Waals surface area contributed by atoms with Crippen LogP contribution in [0.15, 0.2) is 50.1 Å². The van der Waals surface area contributed by atoms with Crippen molar-refractivity contribution in [2.75, 3.05) is 5.73 Å². The summed E-state index contributed by atoms with van der Waals surface area (Å²) in [5.74, 6) is 1.29. The second kappa shape index (κ2) is 6.75. The summed E-state index contributed by atoms with van der Waals surface area (Å²) in [5, 5.41) is 15.0. The van der Waals surface area contributed by atoms with Gasteiger partial charge in [0, 0.05) is 21.3 Å². The van der Waals surface area contributed by atoms with Crippen molar-refractivity contribution in [3.05, 3.63) is 94.2 Å². The summed E-state index contributed by atoms with van der Waals surface area (Å²) >= 11 is 3.41. The molecule has 1 saturated carbocycles. The van der Waals surface area contributed by atoms with E-state index in [9.17, 15) is 10.1 Å². The molecule has 0 bridgehead atoms. The van der Waals surface area contributed by atoms with E-state index in [1.807, 2.05) is 49.9 Å². The van der Waals surface area contributed by atoms with Gasteiger partial charge in [0.25, 0.3) is 0 Å². The van der Waals surface area contributed by atoms with E-state index >= 15 is 0 Å². The first-order chi connectivity index (χ1) is 14.1. The number of anilines is 1. The Morgan fingerprint density at radius 2 is 1.86 bits per heavy atom. The van der Waals surface area contributed by atoms with Gasteiger partial charge in [0.1, 0.15) is 23.0 Å². The number of benzene rings is 1. The lowest BCUT2D eigenvalue weighted by atomic mass is 10.0. The minimum absolute atomic E-state index is 0.139. The van der Waals surface area contributed by atoms with Crippen LogP contribution in [0.4, 0.5) is 5.82 Å². The molecule has 3 aromatic heterocycles. The molecule has 5 radical (unpaired) electrons. The summed E-state index contributed by atoms with van der Waals surface area (Å²) in [6.07, 6.45) is 7.37. The number of rotatable bonds is 2. The Labute approximate surface area is 174 Å². The smallest absolute Gasteiger partial charge is 0.347 e. The molecule has 1 aromatic carbocycles. The molecule has 0 spiro atoms. The van der Waals surface area contributed by atoms with Crippen LogP contribution in [0.1, 0.15) is 11.3 Å². The molecule has 0 amide bonds. The average Bonchev–Trinajstić information content (AvgIpc) is 3.39. The molecule has 2 N–H and O–H groups in total. The van der Waals surface area contributed by atoms with Crippen molar-refractivity contribution in [1.82, 2.24) is 9.61 Å². The maximum atomic E-state index is 12.7. The standard InChI is InChI=1S/C22H12BrN4O2/c23-14-7-5-12(6-8-14)17-10-18-16(11-24)15-9-19(13-3-1-2-4-13)29-22(28)20(15)21(25)27(18)26-17/h1-10H,25H2. The number of aromatic nitrogens is 2. The number of halogens is 1. The molecule has 6 nitrogen and oxygen atoms in total. The Balaban J connectivity index is 1.81. The van der Waals surface area contributed by atoms with Crippen LogP contribution in [0.3, 0.4) is 0 Å². The van der Waals surface area contributed by atoms with Crippen LogP contribution < -0.4 is 11.4 Å². The minimum Gasteiger partial charge on any atom is -0.427 e. The van der Waals surface area contributed by atoms with Crippen LogP contribution in [0.25, 0.3) is 27.5 Å². The summed E-state index contributed by atoms with van der Waals surface area (Å²) in [5.41, 5.74) is 8.07. The number of nitrogens with zero attached hydrogens (tertiary/aromatic N) is 3. The molecule has 1 aliphatic rings. The molecule has 0 unspecified atom stereocenters. The van der Waals surface area contributed by atoms with E-state index in [-0.39, 0.29) is 11.2 Å². The molecule has 0 atom stereocenters. The molecule has 139 valence electrons. The second-order valence-electron chi connectivity index (χ2n) is 6.57. The van der Waals surface area contributed by atoms with E-state index in [0.717, 1.165) is 16.0 Å². The van der Waals surface area contributed by atoms with Gasteiger partial charge in [-0.15, -0.1) is 0 Å². The van der Waals surface area contributed by atoms with Gasteiger partial charge in [-0.2, -0.15) is 10.4 Å². The molecule has 0 aliphatic heterocycles. The lowest BCUT2D eigenvalue weighted by Crippen LogP contribution is -2.12.